The zero-order valence-corrected chi connectivity index (χ0v) is 16.6. The minimum atomic E-state index is -1.31. The van der Waals surface area contributed by atoms with Crippen molar-refractivity contribution in [3.63, 3.8) is 0 Å². The van der Waals surface area contributed by atoms with Gasteiger partial charge in [0, 0.05) is 38.6 Å². The number of methoxy groups -OCH3 is 1. The van der Waals surface area contributed by atoms with Crippen molar-refractivity contribution < 1.29 is 19.4 Å². The first kappa shape index (κ1) is 19.4. The maximum atomic E-state index is 12.6. The Labute approximate surface area is 170 Å². The van der Waals surface area contributed by atoms with Crippen molar-refractivity contribution in [3.8, 4) is 5.88 Å². The predicted octanol–water partition coefficient (Wildman–Crippen LogP) is 0.352. The number of fused-ring (bicyclic) bond motifs is 1. The van der Waals surface area contributed by atoms with Crippen LogP contribution in [0.5, 0.6) is 5.88 Å². The van der Waals surface area contributed by atoms with E-state index < -0.39 is 11.4 Å². The van der Waals surface area contributed by atoms with Crippen LogP contribution in [0.3, 0.4) is 0 Å². The van der Waals surface area contributed by atoms with Crippen LogP contribution < -0.4 is 20.5 Å². The van der Waals surface area contributed by atoms with Crippen LogP contribution >= 0.6 is 0 Å². The summed E-state index contributed by atoms with van der Waals surface area (Å²) in [5, 5.41) is 18.4. The van der Waals surface area contributed by atoms with Gasteiger partial charge in [-0.15, -0.1) is 0 Å². The first-order chi connectivity index (χ1) is 14.3. The van der Waals surface area contributed by atoms with Gasteiger partial charge < -0.3 is 20.2 Å². The molecule has 0 aromatic carbocycles. The summed E-state index contributed by atoms with van der Waals surface area (Å²) in [5.74, 6) is -0.941. The summed E-state index contributed by atoms with van der Waals surface area (Å²) in [4.78, 5) is 40.9. The number of amides is 1. The molecule has 11 heteroatoms. The topological polar surface area (TPSA) is 132 Å². The van der Waals surface area contributed by atoms with Crippen LogP contribution in [0.25, 0.3) is 11.0 Å². The first-order valence-electron chi connectivity index (χ1n) is 9.18. The number of anilines is 1. The van der Waals surface area contributed by atoms with E-state index in [-0.39, 0.29) is 22.8 Å². The van der Waals surface area contributed by atoms with E-state index in [9.17, 15) is 19.5 Å². The van der Waals surface area contributed by atoms with Gasteiger partial charge in [0.1, 0.15) is 5.56 Å². The fourth-order valence-electron chi connectivity index (χ4n) is 3.47. The number of hydrogen-bond acceptors (Lipinski definition) is 7. The van der Waals surface area contributed by atoms with E-state index in [4.69, 9.17) is 4.74 Å². The SMILES string of the molecule is COc1cc(NC(=O)C2CN(n3cc(C(=O)O)c(=O)c4c(C)ccnc43)C2)nn1C. The molecule has 1 aliphatic rings. The summed E-state index contributed by atoms with van der Waals surface area (Å²) >= 11 is 0. The van der Waals surface area contributed by atoms with Crippen molar-refractivity contribution in [1.82, 2.24) is 19.4 Å². The summed E-state index contributed by atoms with van der Waals surface area (Å²) in [6.45, 7) is 2.40. The van der Waals surface area contributed by atoms with Crippen molar-refractivity contribution in [3.05, 3.63) is 45.9 Å². The summed E-state index contributed by atoms with van der Waals surface area (Å²) in [7, 11) is 3.22. The normalized spacial score (nSPS) is 13.9. The number of rotatable bonds is 5. The Morgan fingerprint density at radius 1 is 1.33 bits per heavy atom. The molecule has 0 bridgehead atoms. The molecular weight excluding hydrogens is 392 g/mol. The van der Waals surface area contributed by atoms with Gasteiger partial charge >= 0.3 is 5.97 Å². The number of aryl methyl sites for hydroxylation is 2. The van der Waals surface area contributed by atoms with Crippen LogP contribution in [0.15, 0.2) is 29.3 Å². The monoisotopic (exact) mass is 412 g/mol. The largest absolute Gasteiger partial charge is 0.481 e. The Bertz CT molecular complexity index is 1220. The molecule has 1 amide bonds. The minimum Gasteiger partial charge on any atom is -0.481 e. The van der Waals surface area contributed by atoms with Gasteiger partial charge in [-0.2, -0.15) is 5.10 Å². The molecule has 0 spiro atoms. The van der Waals surface area contributed by atoms with Crippen LogP contribution in [0, 0.1) is 12.8 Å². The second-order valence-electron chi connectivity index (χ2n) is 7.10. The molecule has 0 radical (unpaired) electrons. The second kappa shape index (κ2) is 7.17. The maximum absolute atomic E-state index is 12.6. The summed E-state index contributed by atoms with van der Waals surface area (Å²) in [5.41, 5.74) is 0.0874. The molecule has 1 fully saturated rings. The molecule has 0 atom stereocenters. The molecule has 11 nitrogen and oxygen atoms in total. The molecule has 3 aromatic rings. The number of hydrogen-bond donors (Lipinski definition) is 2. The molecule has 2 N–H and O–H groups in total. The zero-order valence-electron chi connectivity index (χ0n) is 16.6. The number of carbonyl (C=O) groups is 2. The average molecular weight is 412 g/mol. The van der Waals surface area contributed by atoms with Crippen LogP contribution in [-0.4, -0.2) is 56.6 Å². The lowest BCUT2D eigenvalue weighted by molar-refractivity contribution is -0.121. The lowest BCUT2D eigenvalue weighted by Crippen LogP contribution is -2.57. The number of pyridine rings is 2. The Morgan fingerprint density at radius 3 is 2.70 bits per heavy atom. The van der Waals surface area contributed by atoms with Gasteiger partial charge in [0.05, 0.1) is 18.4 Å². The highest BCUT2D eigenvalue weighted by Crippen LogP contribution is 2.22. The fourth-order valence-corrected chi connectivity index (χ4v) is 3.47. The molecular formula is C19H20N6O5. The smallest absolute Gasteiger partial charge is 0.341 e. The Balaban J connectivity index is 1.57. The van der Waals surface area contributed by atoms with Crippen LogP contribution in [0.1, 0.15) is 15.9 Å². The van der Waals surface area contributed by atoms with Gasteiger partial charge in [0.25, 0.3) is 0 Å². The third-order valence-electron chi connectivity index (χ3n) is 5.14. The van der Waals surface area contributed by atoms with Crippen molar-refractivity contribution in [1.29, 1.82) is 0 Å². The molecule has 0 unspecified atom stereocenters. The predicted molar refractivity (Wildman–Crippen MR) is 108 cm³/mol. The van der Waals surface area contributed by atoms with E-state index >= 15 is 0 Å². The number of carbonyl (C=O) groups excluding carboxylic acids is 1. The number of ether oxygens (including phenoxy) is 1. The first-order valence-corrected chi connectivity index (χ1v) is 9.18. The molecule has 4 rings (SSSR count). The number of nitrogens with zero attached hydrogens (tertiary/aromatic N) is 5. The standard InChI is InChI=1S/C19H20N6O5/c1-10-4-5-20-17-15(10)16(26)12(19(28)29)9-25(17)24-7-11(8-24)18(27)21-13-6-14(30-3)23(2)22-13/h4-6,9,11H,7-8H2,1-3H3,(H,28,29)(H,21,22,27). The third-order valence-corrected chi connectivity index (χ3v) is 5.14. The Morgan fingerprint density at radius 2 is 2.07 bits per heavy atom. The van der Waals surface area contributed by atoms with E-state index in [0.717, 1.165) is 0 Å². The van der Waals surface area contributed by atoms with E-state index in [1.165, 1.54) is 18.0 Å². The number of carboxylic acids is 1. The molecule has 3 aromatic heterocycles. The molecule has 0 saturated carbocycles. The minimum absolute atomic E-state index is 0.208. The lowest BCUT2D eigenvalue weighted by Gasteiger charge is -2.41. The van der Waals surface area contributed by atoms with Gasteiger partial charge in [-0.3, -0.25) is 9.59 Å². The van der Waals surface area contributed by atoms with Gasteiger partial charge in [0.2, 0.25) is 17.2 Å². The van der Waals surface area contributed by atoms with Crippen molar-refractivity contribution >= 4 is 28.7 Å². The molecule has 1 aliphatic heterocycles. The van der Waals surface area contributed by atoms with Crippen molar-refractivity contribution in [2.24, 2.45) is 13.0 Å². The average Bonchev–Trinajstić information content (AvgIpc) is 3.01. The highest BCUT2D eigenvalue weighted by molar-refractivity contribution is 5.94. The van der Waals surface area contributed by atoms with E-state index in [1.54, 1.807) is 42.0 Å². The molecule has 156 valence electrons. The number of aromatic nitrogens is 4. The summed E-state index contributed by atoms with van der Waals surface area (Å²) < 4.78 is 8.18. The summed E-state index contributed by atoms with van der Waals surface area (Å²) in [6.07, 6.45) is 2.82. The van der Waals surface area contributed by atoms with Gasteiger partial charge in [-0.1, -0.05) is 0 Å². The third kappa shape index (κ3) is 3.13. The van der Waals surface area contributed by atoms with Crippen LogP contribution in [0.4, 0.5) is 5.82 Å². The number of nitrogens with one attached hydrogen (secondary N) is 1. The number of aromatic carboxylic acids is 1. The maximum Gasteiger partial charge on any atom is 0.341 e. The zero-order chi connectivity index (χ0) is 21.6. The van der Waals surface area contributed by atoms with E-state index in [2.05, 4.69) is 15.4 Å². The highest BCUT2D eigenvalue weighted by atomic mass is 16.5. The lowest BCUT2D eigenvalue weighted by atomic mass is 10.0. The Kier molecular flexibility index (Phi) is 4.65. The van der Waals surface area contributed by atoms with E-state index in [1.807, 2.05) is 0 Å². The second-order valence-corrected chi connectivity index (χ2v) is 7.10. The molecule has 30 heavy (non-hydrogen) atoms. The molecule has 0 aliphatic carbocycles. The number of carboxylic acid groups (broad SMARTS) is 1. The fraction of sp³-hybridized carbons (Fsp3) is 0.316. The van der Waals surface area contributed by atoms with Crippen LogP contribution in [-0.2, 0) is 11.8 Å². The van der Waals surface area contributed by atoms with Gasteiger partial charge in [-0.05, 0) is 18.6 Å². The molecule has 1 saturated heterocycles. The van der Waals surface area contributed by atoms with Crippen LogP contribution in [0.2, 0.25) is 0 Å². The molecule has 4 heterocycles. The van der Waals surface area contributed by atoms with E-state index in [0.29, 0.717) is 36.0 Å². The quantitative estimate of drug-likeness (QED) is 0.614. The van der Waals surface area contributed by atoms with Gasteiger partial charge in [0.15, 0.2) is 11.5 Å². The highest BCUT2D eigenvalue weighted by Gasteiger charge is 2.35. The van der Waals surface area contributed by atoms with Crippen molar-refractivity contribution in [2.45, 2.75) is 6.92 Å². The van der Waals surface area contributed by atoms with Crippen molar-refractivity contribution in [2.75, 3.05) is 30.5 Å². The van der Waals surface area contributed by atoms with Gasteiger partial charge in [-0.25, -0.2) is 19.1 Å². The summed E-state index contributed by atoms with van der Waals surface area (Å²) in [6, 6.07) is 3.28. The Hall–Kier alpha value is -3.89.